The van der Waals surface area contributed by atoms with E-state index in [9.17, 15) is 0 Å². The van der Waals surface area contributed by atoms with Crippen LogP contribution in [0.25, 0.3) is 0 Å². The molecular formula is C10H21NS. The van der Waals surface area contributed by atoms with Gasteiger partial charge in [-0.2, -0.15) is 11.8 Å². The third-order valence-electron chi connectivity index (χ3n) is 1.52. The molecule has 2 heteroatoms. The first kappa shape index (κ1) is 12.0. The van der Waals surface area contributed by atoms with Crippen LogP contribution in [-0.4, -0.2) is 22.3 Å². The van der Waals surface area contributed by atoms with E-state index in [1.165, 1.54) is 5.71 Å². The van der Waals surface area contributed by atoms with Crippen LogP contribution in [-0.2, 0) is 0 Å². The van der Waals surface area contributed by atoms with Gasteiger partial charge in [0.15, 0.2) is 0 Å². The molecule has 1 nitrogen and oxygen atoms in total. The highest BCUT2D eigenvalue weighted by Gasteiger charge is 2.11. The summed E-state index contributed by atoms with van der Waals surface area (Å²) in [5.41, 5.74) is 1.33. The van der Waals surface area contributed by atoms with E-state index in [2.05, 4.69) is 46.5 Å². The number of hydrogen-bond donors (Lipinski definition) is 0. The Hall–Kier alpha value is 0.0200. The zero-order valence-corrected chi connectivity index (χ0v) is 9.96. The Morgan fingerprint density at radius 1 is 1.42 bits per heavy atom. The molecule has 0 saturated carbocycles. The van der Waals surface area contributed by atoms with E-state index in [0.29, 0.717) is 5.25 Å². The fraction of sp³-hybridized carbons (Fsp3) is 0.900. The van der Waals surface area contributed by atoms with Gasteiger partial charge in [-0.15, -0.1) is 0 Å². The lowest BCUT2D eigenvalue weighted by atomic mass is 10.1. The Kier molecular flexibility index (Phi) is 4.91. The number of thioether (sulfide) groups is 1. The summed E-state index contributed by atoms with van der Waals surface area (Å²) in [7, 11) is 0. The summed E-state index contributed by atoms with van der Waals surface area (Å²) in [6.07, 6.45) is 0. The first-order valence-corrected chi connectivity index (χ1v) is 5.59. The fourth-order valence-corrected chi connectivity index (χ4v) is 1.78. The summed E-state index contributed by atoms with van der Waals surface area (Å²) < 4.78 is 0. The molecule has 0 N–H and O–H groups in total. The summed E-state index contributed by atoms with van der Waals surface area (Å²) in [4.78, 5) is 4.62. The topological polar surface area (TPSA) is 12.4 Å². The Morgan fingerprint density at radius 2 is 1.92 bits per heavy atom. The second kappa shape index (κ2) is 4.90. The molecule has 0 fully saturated rings. The Labute approximate surface area is 81.0 Å². The van der Waals surface area contributed by atoms with Crippen LogP contribution in [0.3, 0.4) is 0 Å². The average molecular weight is 187 g/mol. The van der Waals surface area contributed by atoms with E-state index in [4.69, 9.17) is 0 Å². The van der Waals surface area contributed by atoms with Gasteiger partial charge < -0.3 is 0 Å². The van der Waals surface area contributed by atoms with Gasteiger partial charge in [-0.05, 0) is 40.4 Å². The largest absolute Gasteiger partial charge is 0.288 e. The van der Waals surface area contributed by atoms with Crippen molar-refractivity contribution in [2.45, 2.75) is 52.3 Å². The first-order chi connectivity index (χ1) is 5.37. The Bertz CT molecular complexity index is 156. The van der Waals surface area contributed by atoms with Crippen LogP contribution in [0.2, 0.25) is 0 Å². The predicted molar refractivity (Wildman–Crippen MR) is 60.5 cm³/mol. The van der Waals surface area contributed by atoms with Crippen molar-refractivity contribution in [1.29, 1.82) is 0 Å². The smallest absolute Gasteiger partial charge is 0.0523 e. The van der Waals surface area contributed by atoms with Gasteiger partial charge >= 0.3 is 0 Å². The third-order valence-corrected chi connectivity index (χ3v) is 2.69. The van der Waals surface area contributed by atoms with Crippen molar-refractivity contribution in [1.82, 2.24) is 0 Å². The van der Waals surface area contributed by atoms with E-state index in [-0.39, 0.29) is 5.54 Å². The molecule has 0 heterocycles. The second-order valence-corrected chi connectivity index (χ2v) is 5.64. The van der Waals surface area contributed by atoms with E-state index >= 15 is 0 Å². The monoisotopic (exact) mass is 187 g/mol. The van der Waals surface area contributed by atoms with E-state index < -0.39 is 0 Å². The van der Waals surface area contributed by atoms with Crippen LogP contribution >= 0.6 is 11.8 Å². The first-order valence-electron chi connectivity index (χ1n) is 4.54. The molecular weight excluding hydrogens is 166 g/mol. The van der Waals surface area contributed by atoms with Gasteiger partial charge in [-0.25, -0.2) is 0 Å². The molecule has 1 atom stereocenters. The van der Waals surface area contributed by atoms with E-state index in [0.717, 1.165) is 5.75 Å². The number of nitrogens with zero attached hydrogens (tertiary/aromatic N) is 1. The van der Waals surface area contributed by atoms with Gasteiger partial charge in [0.1, 0.15) is 0 Å². The molecule has 0 bridgehead atoms. The normalized spacial score (nSPS) is 16.3. The van der Waals surface area contributed by atoms with Gasteiger partial charge in [0, 0.05) is 11.0 Å². The van der Waals surface area contributed by atoms with Crippen molar-refractivity contribution in [2.75, 3.05) is 5.75 Å². The summed E-state index contributed by atoms with van der Waals surface area (Å²) in [5.74, 6) is 1.16. The van der Waals surface area contributed by atoms with Crippen LogP contribution in [0.1, 0.15) is 41.5 Å². The van der Waals surface area contributed by atoms with Crippen molar-refractivity contribution in [3.63, 3.8) is 0 Å². The van der Waals surface area contributed by atoms with Gasteiger partial charge in [0.25, 0.3) is 0 Å². The Balaban J connectivity index is 4.17. The average Bonchev–Trinajstić information content (AvgIpc) is 1.84. The maximum Gasteiger partial charge on any atom is 0.0523 e. The molecule has 0 aromatic carbocycles. The zero-order valence-electron chi connectivity index (χ0n) is 9.14. The van der Waals surface area contributed by atoms with Gasteiger partial charge in [-0.3, -0.25) is 4.99 Å². The molecule has 0 aliphatic heterocycles. The number of aliphatic imine (C=N–C) groups is 1. The minimum Gasteiger partial charge on any atom is -0.288 e. The number of rotatable bonds is 3. The van der Waals surface area contributed by atoms with Crippen LogP contribution < -0.4 is 0 Å². The quantitative estimate of drug-likeness (QED) is 0.617. The maximum atomic E-state index is 4.62. The maximum absolute atomic E-state index is 4.62. The van der Waals surface area contributed by atoms with Crippen LogP contribution in [0.5, 0.6) is 0 Å². The predicted octanol–water partition coefficient (Wildman–Crippen LogP) is 3.39. The van der Waals surface area contributed by atoms with E-state index in [1.807, 2.05) is 11.8 Å². The van der Waals surface area contributed by atoms with Crippen molar-refractivity contribution < 1.29 is 0 Å². The summed E-state index contributed by atoms with van der Waals surface area (Å²) in [6, 6.07) is 0. The van der Waals surface area contributed by atoms with Gasteiger partial charge in [0.05, 0.1) is 5.54 Å². The highest BCUT2D eigenvalue weighted by Crippen LogP contribution is 2.15. The zero-order chi connectivity index (χ0) is 9.78. The molecule has 72 valence electrons. The highest BCUT2D eigenvalue weighted by molar-refractivity contribution is 8.00. The van der Waals surface area contributed by atoms with Crippen molar-refractivity contribution in [3.05, 3.63) is 0 Å². The molecule has 0 saturated heterocycles. The SMILES string of the molecule is CCSC(C)C(C)=NC(C)(C)C. The lowest BCUT2D eigenvalue weighted by Crippen LogP contribution is -2.18. The minimum absolute atomic E-state index is 0.0760. The summed E-state index contributed by atoms with van der Waals surface area (Å²) in [6.45, 7) is 12.9. The molecule has 1 unspecified atom stereocenters. The molecule has 12 heavy (non-hydrogen) atoms. The number of hydrogen-bond acceptors (Lipinski definition) is 2. The molecule has 0 radical (unpaired) electrons. The van der Waals surface area contributed by atoms with Crippen molar-refractivity contribution in [3.8, 4) is 0 Å². The van der Waals surface area contributed by atoms with Crippen LogP contribution in [0.15, 0.2) is 4.99 Å². The fourth-order valence-electron chi connectivity index (χ4n) is 0.991. The molecule has 0 rings (SSSR count). The van der Waals surface area contributed by atoms with Crippen LogP contribution in [0, 0.1) is 0 Å². The summed E-state index contributed by atoms with van der Waals surface area (Å²) in [5, 5.41) is 0.564. The third kappa shape index (κ3) is 5.64. The molecule has 0 amide bonds. The lowest BCUT2D eigenvalue weighted by Gasteiger charge is -2.17. The molecule has 0 spiro atoms. The molecule has 0 aliphatic rings. The lowest BCUT2D eigenvalue weighted by molar-refractivity contribution is 0.582. The Morgan fingerprint density at radius 3 is 2.25 bits per heavy atom. The standard InChI is InChI=1S/C10H21NS/c1-7-12-9(3)8(2)11-10(4,5)6/h9H,7H2,1-6H3. The molecule has 0 aliphatic carbocycles. The highest BCUT2D eigenvalue weighted by atomic mass is 32.2. The summed E-state index contributed by atoms with van der Waals surface area (Å²) >= 11 is 1.95. The second-order valence-electron chi connectivity index (χ2n) is 4.02. The molecule has 0 aromatic rings. The van der Waals surface area contributed by atoms with Gasteiger partial charge in [-0.1, -0.05) is 6.92 Å². The van der Waals surface area contributed by atoms with Gasteiger partial charge in [0.2, 0.25) is 0 Å². The van der Waals surface area contributed by atoms with Crippen molar-refractivity contribution in [2.24, 2.45) is 4.99 Å². The van der Waals surface area contributed by atoms with Crippen molar-refractivity contribution >= 4 is 17.5 Å². The van der Waals surface area contributed by atoms with E-state index in [1.54, 1.807) is 0 Å². The van der Waals surface area contributed by atoms with Crippen LogP contribution in [0.4, 0.5) is 0 Å². The molecule has 0 aromatic heterocycles. The minimum atomic E-state index is 0.0760.